The average Bonchev–Trinajstić information content (AvgIpc) is 3.08. The quantitative estimate of drug-likeness (QED) is 0.101. The molecule has 4 aromatic carbocycles. The standard InChI is InChI=1S/C44H52N2O7/c1-26-27(2)40-37(28(3)39(26)52-29(4)47)36(46-51-24-30-15-13-12-14-16-30)23-44(11,53-40)25-50-33-19-17-31(18-20-33)45-41(49)38-34(42(5,6)7)21-32(48)22-35(38)43(8,9)10/h12-22,48H,23-25H2,1-11H3,(H,45,49). The van der Waals surface area contributed by atoms with Crippen molar-refractivity contribution in [3.05, 3.63) is 111 Å². The van der Waals surface area contributed by atoms with Gasteiger partial charge in [-0.2, -0.15) is 0 Å². The van der Waals surface area contributed by atoms with Crippen LogP contribution in [-0.4, -0.2) is 34.9 Å². The molecule has 1 aliphatic rings. The van der Waals surface area contributed by atoms with Crippen LogP contribution >= 0.6 is 0 Å². The fourth-order valence-electron chi connectivity index (χ4n) is 6.63. The van der Waals surface area contributed by atoms with Crippen LogP contribution in [0.1, 0.15) is 111 Å². The molecular formula is C44H52N2O7. The summed E-state index contributed by atoms with van der Waals surface area (Å²) < 4.78 is 18.7. The Balaban J connectivity index is 1.38. The molecule has 5 rings (SSSR count). The van der Waals surface area contributed by atoms with Crippen LogP contribution in [0.2, 0.25) is 0 Å². The number of aromatic hydroxyl groups is 1. The Kier molecular flexibility index (Phi) is 11.0. The first-order chi connectivity index (χ1) is 24.8. The molecular weight excluding hydrogens is 668 g/mol. The number of fused-ring (bicyclic) bond motifs is 1. The maximum Gasteiger partial charge on any atom is 0.308 e. The van der Waals surface area contributed by atoms with E-state index in [0.717, 1.165) is 38.9 Å². The minimum atomic E-state index is -0.826. The van der Waals surface area contributed by atoms with Crippen LogP contribution in [0.3, 0.4) is 0 Å². The number of carbonyl (C=O) groups excluding carboxylic acids is 2. The summed E-state index contributed by atoms with van der Waals surface area (Å²) in [5.74, 6) is 1.24. The second-order valence-electron chi connectivity index (χ2n) is 16.2. The maximum atomic E-state index is 13.9. The van der Waals surface area contributed by atoms with Crippen molar-refractivity contribution in [2.24, 2.45) is 5.16 Å². The first kappa shape index (κ1) is 38.9. The predicted octanol–water partition coefficient (Wildman–Crippen LogP) is 9.63. The molecule has 53 heavy (non-hydrogen) atoms. The van der Waals surface area contributed by atoms with Gasteiger partial charge in [0.25, 0.3) is 5.91 Å². The van der Waals surface area contributed by atoms with Gasteiger partial charge in [0.15, 0.2) is 0 Å². The highest BCUT2D eigenvalue weighted by Gasteiger charge is 2.40. The zero-order valence-corrected chi connectivity index (χ0v) is 32.8. The summed E-state index contributed by atoms with van der Waals surface area (Å²) in [4.78, 5) is 31.8. The Morgan fingerprint density at radius 2 is 1.49 bits per heavy atom. The van der Waals surface area contributed by atoms with Crippen LogP contribution in [0.5, 0.6) is 23.0 Å². The molecule has 0 spiro atoms. The van der Waals surface area contributed by atoms with Gasteiger partial charge in [-0.1, -0.05) is 77.0 Å². The lowest BCUT2D eigenvalue weighted by molar-refractivity contribution is -0.132. The number of hydrogen-bond acceptors (Lipinski definition) is 8. The number of ether oxygens (including phenoxy) is 3. The molecule has 4 aromatic rings. The third kappa shape index (κ3) is 8.84. The van der Waals surface area contributed by atoms with Gasteiger partial charge in [0.2, 0.25) is 0 Å². The van der Waals surface area contributed by atoms with Gasteiger partial charge in [0, 0.05) is 35.7 Å². The lowest BCUT2D eigenvalue weighted by Crippen LogP contribution is -2.45. The monoisotopic (exact) mass is 720 g/mol. The number of anilines is 1. The van der Waals surface area contributed by atoms with E-state index in [9.17, 15) is 14.7 Å². The number of hydrogen-bond donors (Lipinski definition) is 2. The fourth-order valence-corrected chi connectivity index (χ4v) is 6.63. The van der Waals surface area contributed by atoms with Crippen molar-refractivity contribution < 1.29 is 33.7 Å². The molecule has 0 bridgehead atoms. The van der Waals surface area contributed by atoms with Crippen LogP contribution in [0.4, 0.5) is 5.69 Å². The van der Waals surface area contributed by atoms with Crippen LogP contribution in [-0.2, 0) is 27.1 Å². The van der Waals surface area contributed by atoms with Gasteiger partial charge < -0.3 is 29.5 Å². The summed E-state index contributed by atoms with van der Waals surface area (Å²) >= 11 is 0. The zero-order chi connectivity index (χ0) is 38.9. The molecule has 9 nitrogen and oxygen atoms in total. The molecule has 1 heterocycles. The maximum absolute atomic E-state index is 13.9. The van der Waals surface area contributed by atoms with E-state index in [4.69, 9.17) is 19.0 Å². The zero-order valence-electron chi connectivity index (χ0n) is 32.8. The molecule has 1 unspecified atom stereocenters. The highest BCUT2D eigenvalue weighted by molar-refractivity contribution is 6.07. The lowest BCUT2D eigenvalue weighted by atomic mass is 9.76. The van der Waals surface area contributed by atoms with Crippen molar-refractivity contribution in [1.29, 1.82) is 0 Å². The number of oxime groups is 1. The number of rotatable bonds is 9. The Morgan fingerprint density at radius 1 is 0.887 bits per heavy atom. The predicted molar refractivity (Wildman–Crippen MR) is 209 cm³/mol. The third-order valence-electron chi connectivity index (χ3n) is 9.48. The van der Waals surface area contributed by atoms with Crippen molar-refractivity contribution >= 4 is 23.3 Å². The Bertz CT molecular complexity index is 2000. The van der Waals surface area contributed by atoms with E-state index in [0.29, 0.717) is 47.2 Å². The number of esters is 1. The number of amides is 1. The molecule has 0 saturated heterocycles. The molecule has 0 saturated carbocycles. The second-order valence-corrected chi connectivity index (χ2v) is 16.2. The number of phenols is 1. The van der Waals surface area contributed by atoms with Crippen molar-refractivity contribution in [3.63, 3.8) is 0 Å². The van der Waals surface area contributed by atoms with Gasteiger partial charge in [-0.3, -0.25) is 9.59 Å². The molecule has 2 N–H and O–H groups in total. The van der Waals surface area contributed by atoms with Crippen LogP contribution in [0, 0.1) is 20.8 Å². The van der Waals surface area contributed by atoms with E-state index in [1.54, 1.807) is 24.3 Å². The number of phenolic OH excluding ortho intramolecular Hbond substituents is 1. The topological polar surface area (TPSA) is 116 Å². The molecule has 1 aliphatic heterocycles. The van der Waals surface area contributed by atoms with Gasteiger partial charge in [0.05, 0.1) is 5.71 Å². The van der Waals surface area contributed by atoms with E-state index < -0.39 is 11.6 Å². The normalized spacial score (nSPS) is 16.4. The van der Waals surface area contributed by atoms with Crippen molar-refractivity contribution in [2.75, 3.05) is 11.9 Å². The summed E-state index contributed by atoms with van der Waals surface area (Å²) in [5.41, 5.74) is 5.94. The summed E-state index contributed by atoms with van der Waals surface area (Å²) in [7, 11) is 0. The van der Waals surface area contributed by atoms with Crippen LogP contribution in [0.15, 0.2) is 71.9 Å². The summed E-state index contributed by atoms with van der Waals surface area (Å²) in [6, 6.07) is 20.4. The molecule has 0 radical (unpaired) electrons. The Hall–Kier alpha value is -5.31. The number of benzene rings is 4. The van der Waals surface area contributed by atoms with E-state index in [1.165, 1.54) is 6.92 Å². The number of carbonyl (C=O) groups is 2. The molecule has 9 heteroatoms. The van der Waals surface area contributed by atoms with E-state index in [1.807, 2.05) is 112 Å². The van der Waals surface area contributed by atoms with Gasteiger partial charge in [-0.05, 0) is 103 Å². The second kappa shape index (κ2) is 15.0. The largest absolute Gasteiger partial charge is 0.508 e. The minimum absolute atomic E-state index is 0.141. The average molecular weight is 721 g/mol. The van der Waals surface area contributed by atoms with Gasteiger partial charge in [-0.15, -0.1) is 0 Å². The summed E-state index contributed by atoms with van der Waals surface area (Å²) in [6.45, 7) is 21.8. The number of nitrogens with one attached hydrogen (secondary N) is 1. The highest BCUT2D eigenvalue weighted by Crippen LogP contribution is 2.44. The Morgan fingerprint density at radius 3 is 2.06 bits per heavy atom. The van der Waals surface area contributed by atoms with E-state index >= 15 is 0 Å². The first-order valence-corrected chi connectivity index (χ1v) is 17.9. The summed E-state index contributed by atoms with van der Waals surface area (Å²) in [6.07, 6.45) is 0.366. The first-order valence-electron chi connectivity index (χ1n) is 17.9. The molecule has 1 amide bonds. The lowest BCUT2D eigenvalue weighted by Gasteiger charge is -2.38. The van der Waals surface area contributed by atoms with Crippen LogP contribution in [0.25, 0.3) is 0 Å². The van der Waals surface area contributed by atoms with Crippen molar-refractivity contribution in [1.82, 2.24) is 0 Å². The fraction of sp³-hybridized carbons (Fsp3) is 0.386. The van der Waals surface area contributed by atoms with Gasteiger partial charge in [0.1, 0.15) is 41.8 Å². The van der Waals surface area contributed by atoms with E-state index in [-0.39, 0.29) is 29.1 Å². The molecule has 0 aromatic heterocycles. The third-order valence-corrected chi connectivity index (χ3v) is 9.48. The SMILES string of the molecule is CC(=O)Oc1c(C)c(C)c2c(c1C)C(=NOCc1ccccc1)CC(C)(COc1ccc(NC(=O)c3c(C(C)(C)C)cc(O)cc3C(C)(C)C)cc1)O2. The van der Waals surface area contributed by atoms with Crippen molar-refractivity contribution in [2.45, 2.75) is 106 Å². The minimum Gasteiger partial charge on any atom is -0.508 e. The number of nitrogens with zero attached hydrogens (tertiary/aromatic N) is 1. The van der Waals surface area contributed by atoms with Gasteiger partial charge in [-0.25, -0.2) is 0 Å². The molecule has 280 valence electrons. The Labute approximate surface area is 313 Å². The van der Waals surface area contributed by atoms with Crippen molar-refractivity contribution in [3.8, 4) is 23.0 Å². The smallest absolute Gasteiger partial charge is 0.308 e. The summed E-state index contributed by atoms with van der Waals surface area (Å²) in [5, 5.41) is 18.2. The molecule has 0 aliphatic carbocycles. The molecule has 1 atom stereocenters. The van der Waals surface area contributed by atoms with Crippen LogP contribution < -0.4 is 19.5 Å². The molecule has 0 fully saturated rings. The highest BCUT2D eigenvalue weighted by atomic mass is 16.6. The van der Waals surface area contributed by atoms with E-state index in [2.05, 4.69) is 10.5 Å². The van der Waals surface area contributed by atoms with Gasteiger partial charge >= 0.3 is 5.97 Å².